The minimum atomic E-state index is -0.0434. The van der Waals surface area contributed by atoms with Crippen LogP contribution in [0.2, 0.25) is 0 Å². The fourth-order valence-corrected chi connectivity index (χ4v) is 1.88. The van der Waals surface area contributed by atoms with Crippen LogP contribution in [0, 0.1) is 5.92 Å². The molecule has 1 aliphatic rings. The first-order valence-electron chi connectivity index (χ1n) is 6.71. The van der Waals surface area contributed by atoms with Crippen LogP contribution in [0.4, 0.5) is 5.69 Å². The zero-order valence-electron chi connectivity index (χ0n) is 11.6. The summed E-state index contributed by atoms with van der Waals surface area (Å²) in [6.45, 7) is 0. The highest BCUT2D eigenvalue weighted by Gasteiger charge is 2.21. The molecule has 4 heteroatoms. The third-order valence-corrected chi connectivity index (χ3v) is 3.35. The summed E-state index contributed by atoms with van der Waals surface area (Å²) in [6, 6.07) is 3.71. The Labute approximate surface area is 114 Å². The van der Waals surface area contributed by atoms with E-state index in [0.29, 0.717) is 0 Å². The van der Waals surface area contributed by atoms with E-state index in [4.69, 9.17) is 5.73 Å². The Hall–Kier alpha value is -1.84. The molecular weight excluding hydrogens is 238 g/mol. The standard InChI is InChI=1S/C15H21N3O/c1-18(2)15(19)10-7-12-6-8-13(16)14(17-12)9-5-11-3-4-11/h6-8,10-11H,3-5,9,16H2,1-2H3/b10-7+. The van der Waals surface area contributed by atoms with Gasteiger partial charge in [0.05, 0.1) is 17.1 Å². The number of aromatic nitrogens is 1. The Balaban J connectivity index is 2.04. The molecule has 0 bridgehead atoms. The molecule has 0 aliphatic heterocycles. The number of pyridine rings is 1. The van der Waals surface area contributed by atoms with E-state index < -0.39 is 0 Å². The van der Waals surface area contributed by atoms with Gasteiger partial charge in [0.1, 0.15) is 0 Å². The summed E-state index contributed by atoms with van der Waals surface area (Å²) < 4.78 is 0. The Morgan fingerprint density at radius 1 is 1.47 bits per heavy atom. The van der Waals surface area contributed by atoms with Crippen molar-refractivity contribution in [1.82, 2.24) is 9.88 Å². The van der Waals surface area contributed by atoms with E-state index in [2.05, 4.69) is 4.98 Å². The quantitative estimate of drug-likeness (QED) is 0.824. The molecule has 0 spiro atoms. The number of hydrogen-bond acceptors (Lipinski definition) is 3. The van der Waals surface area contributed by atoms with E-state index in [1.54, 1.807) is 20.2 Å². The highest BCUT2D eigenvalue weighted by molar-refractivity contribution is 5.91. The zero-order chi connectivity index (χ0) is 13.8. The number of carbonyl (C=O) groups excluding carboxylic acids is 1. The molecule has 1 aliphatic carbocycles. The number of aryl methyl sites for hydroxylation is 1. The molecule has 2 rings (SSSR count). The zero-order valence-corrected chi connectivity index (χ0v) is 11.6. The van der Waals surface area contributed by atoms with Crippen molar-refractivity contribution in [2.45, 2.75) is 25.7 Å². The van der Waals surface area contributed by atoms with Crippen molar-refractivity contribution < 1.29 is 4.79 Å². The number of rotatable bonds is 5. The number of nitrogens with zero attached hydrogens (tertiary/aromatic N) is 2. The monoisotopic (exact) mass is 259 g/mol. The van der Waals surface area contributed by atoms with Gasteiger partial charge in [0.15, 0.2) is 0 Å². The maximum absolute atomic E-state index is 11.5. The van der Waals surface area contributed by atoms with Crippen molar-refractivity contribution in [2.24, 2.45) is 5.92 Å². The highest BCUT2D eigenvalue weighted by atomic mass is 16.2. The predicted molar refractivity (Wildman–Crippen MR) is 77.4 cm³/mol. The van der Waals surface area contributed by atoms with Gasteiger partial charge in [0, 0.05) is 20.2 Å². The first-order valence-corrected chi connectivity index (χ1v) is 6.71. The second-order valence-corrected chi connectivity index (χ2v) is 5.32. The maximum Gasteiger partial charge on any atom is 0.246 e. The molecular formula is C15H21N3O. The molecule has 0 radical (unpaired) electrons. The summed E-state index contributed by atoms with van der Waals surface area (Å²) in [5, 5.41) is 0. The number of anilines is 1. The van der Waals surface area contributed by atoms with Gasteiger partial charge in [-0.15, -0.1) is 0 Å². The molecule has 102 valence electrons. The van der Waals surface area contributed by atoms with E-state index in [1.807, 2.05) is 12.1 Å². The fraction of sp³-hybridized carbons (Fsp3) is 0.467. The molecule has 0 saturated heterocycles. The van der Waals surface area contributed by atoms with Gasteiger partial charge in [0.25, 0.3) is 0 Å². The van der Waals surface area contributed by atoms with Crippen LogP contribution in [0.1, 0.15) is 30.7 Å². The SMILES string of the molecule is CN(C)C(=O)/C=C/c1ccc(N)c(CCC2CC2)n1. The first-order chi connectivity index (χ1) is 9.06. The number of hydrogen-bond donors (Lipinski definition) is 1. The van der Waals surface area contributed by atoms with E-state index in [9.17, 15) is 4.79 Å². The van der Waals surface area contributed by atoms with Crippen LogP contribution in [0.15, 0.2) is 18.2 Å². The molecule has 0 aromatic carbocycles. The molecule has 1 heterocycles. The molecule has 0 unspecified atom stereocenters. The summed E-state index contributed by atoms with van der Waals surface area (Å²) >= 11 is 0. The third-order valence-electron chi connectivity index (χ3n) is 3.35. The average Bonchev–Trinajstić information content (AvgIpc) is 3.19. The van der Waals surface area contributed by atoms with Crippen molar-refractivity contribution in [1.29, 1.82) is 0 Å². The van der Waals surface area contributed by atoms with Gasteiger partial charge in [-0.25, -0.2) is 0 Å². The molecule has 19 heavy (non-hydrogen) atoms. The predicted octanol–water partition coefficient (Wildman–Crippen LogP) is 2.11. The normalized spacial score (nSPS) is 14.8. The third kappa shape index (κ3) is 4.09. The lowest BCUT2D eigenvalue weighted by Gasteiger charge is -2.07. The van der Waals surface area contributed by atoms with Crippen LogP contribution >= 0.6 is 0 Å². The summed E-state index contributed by atoms with van der Waals surface area (Å²) in [6.07, 6.45) is 8.06. The van der Waals surface area contributed by atoms with Crippen molar-refractivity contribution in [3.05, 3.63) is 29.6 Å². The fourth-order valence-electron chi connectivity index (χ4n) is 1.88. The average molecular weight is 259 g/mol. The van der Waals surface area contributed by atoms with Gasteiger partial charge in [-0.1, -0.05) is 12.8 Å². The van der Waals surface area contributed by atoms with Crippen LogP contribution in [-0.2, 0) is 11.2 Å². The Morgan fingerprint density at radius 3 is 2.84 bits per heavy atom. The van der Waals surface area contributed by atoms with Crippen molar-refractivity contribution in [3.8, 4) is 0 Å². The van der Waals surface area contributed by atoms with Gasteiger partial charge in [-0.3, -0.25) is 9.78 Å². The molecule has 1 aromatic heterocycles. The second-order valence-electron chi connectivity index (χ2n) is 5.32. The lowest BCUT2D eigenvalue weighted by atomic mass is 10.1. The van der Waals surface area contributed by atoms with Crippen molar-refractivity contribution >= 4 is 17.7 Å². The number of amides is 1. The van der Waals surface area contributed by atoms with Crippen LogP contribution in [0.25, 0.3) is 6.08 Å². The molecule has 1 aromatic rings. The van der Waals surface area contributed by atoms with Crippen molar-refractivity contribution in [2.75, 3.05) is 19.8 Å². The second kappa shape index (κ2) is 5.87. The Kier molecular flexibility index (Phi) is 4.20. The molecule has 1 saturated carbocycles. The van der Waals surface area contributed by atoms with Gasteiger partial charge in [-0.2, -0.15) is 0 Å². The molecule has 4 nitrogen and oxygen atoms in total. The first kappa shape index (κ1) is 13.6. The molecule has 1 fully saturated rings. The summed E-state index contributed by atoms with van der Waals surface area (Å²) in [7, 11) is 3.45. The van der Waals surface area contributed by atoms with Gasteiger partial charge in [-0.05, 0) is 37.0 Å². The summed E-state index contributed by atoms with van der Waals surface area (Å²) in [4.78, 5) is 17.5. The largest absolute Gasteiger partial charge is 0.397 e. The topological polar surface area (TPSA) is 59.2 Å². The minimum Gasteiger partial charge on any atom is -0.397 e. The van der Waals surface area contributed by atoms with Gasteiger partial charge >= 0.3 is 0 Å². The Bertz CT molecular complexity index is 490. The number of likely N-dealkylation sites (N-methyl/N-ethyl adjacent to an activating group) is 1. The number of carbonyl (C=O) groups is 1. The van der Waals surface area contributed by atoms with E-state index in [-0.39, 0.29) is 5.91 Å². The molecule has 1 amide bonds. The smallest absolute Gasteiger partial charge is 0.246 e. The van der Waals surface area contributed by atoms with E-state index in [1.165, 1.54) is 30.2 Å². The van der Waals surface area contributed by atoms with E-state index >= 15 is 0 Å². The molecule has 0 atom stereocenters. The molecule has 2 N–H and O–H groups in total. The highest BCUT2D eigenvalue weighted by Crippen LogP contribution is 2.33. The van der Waals surface area contributed by atoms with Crippen LogP contribution in [0.3, 0.4) is 0 Å². The number of nitrogens with two attached hydrogens (primary N) is 1. The maximum atomic E-state index is 11.5. The van der Waals surface area contributed by atoms with E-state index in [0.717, 1.165) is 29.4 Å². The van der Waals surface area contributed by atoms with Crippen molar-refractivity contribution in [3.63, 3.8) is 0 Å². The number of nitrogen functional groups attached to an aromatic ring is 1. The van der Waals surface area contributed by atoms with Gasteiger partial charge in [0.2, 0.25) is 5.91 Å². The minimum absolute atomic E-state index is 0.0434. The van der Waals surface area contributed by atoms with Gasteiger partial charge < -0.3 is 10.6 Å². The summed E-state index contributed by atoms with van der Waals surface area (Å²) in [5.74, 6) is 0.828. The lowest BCUT2D eigenvalue weighted by molar-refractivity contribution is -0.123. The van der Waals surface area contributed by atoms with Crippen LogP contribution < -0.4 is 5.73 Å². The Morgan fingerprint density at radius 2 is 2.21 bits per heavy atom. The van der Waals surface area contributed by atoms with Crippen LogP contribution in [-0.4, -0.2) is 29.9 Å². The van der Waals surface area contributed by atoms with Crippen LogP contribution in [0.5, 0.6) is 0 Å². The summed E-state index contributed by atoms with van der Waals surface area (Å²) in [5.41, 5.74) is 8.42. The lowest BCUT2D eigenvalue weighted by Crippen LogP contribution is -2.18.